The standard InChI is InChI=1S/C22H19F3O5/c1-12(2)11-29-14-6-7-15-17(10-14)30-21(22(23,24)25)19(20(15)26)13-5-8-16(27-3)18(9-13)28-4/h5-10H,1,11H2,2-4H3. The van der Waals surface area contributed by atoms with Crippen LogP contribution in [0.15, 0.2) is 57.8 Å². The maximum Gasteiger partial charge on any atom is 0.450 e. The maximum atomic E-state index is 13.8. The van der Waals surface area contributed by atoms with Crippen LogP contribution >= 0.6 is 0 Å². The number of benzene rings is 2. The predicted octanol–water partition coefficient (Wildman–Crippen LogP) is 5.45. The van der Waals surface area contributed by atoms with Gasteiger partial charge in [0.15, 0.2) is 11.5 Å². The fourth-order valence-corrected chi connectivity index (χ4v) is 2.92. The molecule has 1 aromatic heterocycles. The lowest BCUT2D eigenvalue weighted by atomic mass is 10.0. The number of halogens is 3. The van der Waals surface area contributed by atoms with Gasteiger partial charge in [0.25, 0.3) is 0 Å². The molecule has 0 fully saturated rings. The van der Waals surface area contributed by atoms with Gasteiger partial charge in [-0.1, -0.05) is 12.6 Å². The highest BCUT2D eigenvalue weighted by atomic mass is 19.4. The van der Waals surface area contributed by atoms with Crippen molar-refractivity contribution >= 4 is 11.0 Å². The predicted molar refractivity (Wildman–Crippen MR) is 106 cm³/mol. The van der Waals surface area contributed by atoms with Crippen LogP contribution in [0, 0.1) is 0 Å². The van der Waals surface area contributed by atoms with Crippen LogP contribution in [-0.2, 0) is 6.18 Å². The third-order valence-corrected chi connectivity index (χ3v) is 4.28. The van der Waals surface area contributed by atoms with E-state index >= 15 is 0 Å². The summed E-state index contributed by atoms with van der Waals surface area (Å²) < 4.78 is 62.2. The Balaban J connectivity index is 2.26. The van der Waals surface area contributed by atoms with Gasteiger partial charge in [-0.2, -0.15) is 13.2 Å². The minimum Gasteiger partial charge on any atom is -0.493 e. The van der Waals surface area contributed by atoms with Gasteiger partial charge < -0.3 is 18.6 Å². The van der Waals surface area contributed by atoms with Crippen molar-refractivity contribution in [1.82, 2.24) is 0 Å². The van der Waals surface area contributed by atoms with E-state index in [1.807, 2.05) is 0 Å². The van der Waals surface area contributed by atoms with Crippen molar-refractivity contribution in [2.75, 3.05) is 20.8 Å². The van der Waals surface area contributed by atoms with Gasteiger partial charge in [0.1, 0.15) is 17.9 Å². The van der Waals surface area contributed by atoms with Crippen LogP contribution < -0.4 is 19.6 Å². The zero-order chi connectivity index (χ0) is 22.1. The third kappa shape index (κ3) is 4.12. The van der Waals surface area contributed by atoms with Gasteiger partial charge in [0.2, 0.25) is 11.2 Å². The molecule has 5 nitrogen and oxygen atoms in total. The van der Waals surface area contributed by atoms with Crippen molar-refractivity contribution in [1.29, 1.82) is 0 Å². The Morgan fingerprint density at radius 2 is 1.77 bits per heavy atom. The Morgan fingerprint density at radius 3 is 2.37 bits per heavy atom. The highest BCUT2D eigenvalue weighted by Gasteiger charge is 2.39. The number of hydrogen-bond acceptors (Lipinski definition) is 5. The van der Waals surface area contributed by atoms with Crippen molar-refractivity contribution in [2.24, 2.45) is 0 Å². The summed E-state index contributed by atoms with van der Waals surface area (Å²) in [6.07, 6.45) is -4.90. The lowest BCUT2D eigenvalue weighted by Gasteiger charge is -2.15. The van der Waals surface area contributed by atoms with Crippen LogP contribution in [0.2, 0.25) is 0 Å². The molecule has 0 saturated heterocycles. The molecule has 158 valence electrons. The summed E-state index contributed by atoms with van der Waals surface area (Å²) in [4.78, 5) is 13.0. The van der Waals surface area contributed by atoms with Gasteiger partial charge in [0.05, 0.1) is 25.2 Å². The second kappa shape index (κ2) is 8.14. The van der Waals surface area contributed by atoms with E-state index in [9.17, 15) is 18.0 Å². The average Bonchev–Trinajstić information content (AvgIpc) is 2.70. The second-order valence-corrected chi connectivity index (χ2v) is 6.61. The molecule has 3 aromatic rings. The zero-order valence-corrected chi connectivity index (χ0v) is 16.6. The van der Waals surface area contributed by atoms with Gasteiger partial charge in [-0.3, -0.25) is 4.79 Å². The Kier molecular flexibility index (Phi) is 5.78. The van der Waals surface area contributed by atoms with Crippen molar-refractivity contribution in [3.63, 3.8) is 0 Å². The number of hydrogen-bond donors (Lipinski definition) is 0. The quantitative estimate of drug-likeness (QED) is 0.497. The van der Waals surface area contributed by atoms with Crippen molar-refractivity contribution < 1.29 is 31.8 Å². The Bertz CT molecular complexity index is 1160. The molecule has 0 aliphatic carbocycles. The Labute approximate surface area is 170 Å². The molecule has 0 amide bonds. The van der Waals surface area contributed by atoms with Gasteiger partial charge >= 0.3 is 6.18 Å². The lowest BCUT2D eigenvalue weighted by molar-refractivity contribution is -0.152. The van der Waals surface area contributed by atoms with Crippen molar-refractivity contribution in [3.05, 3.63) is 64.5 Å². The van der Waals surface area contributed by atoms with Crippen LogP contribution in [-0.4, -0.2) is 20.8 Å². The van der Waals surface area contributed by atoms with E-state index in [0.717, 1.165) is 5.57 Å². The van der Waals surface area contributed by atoms with Crippen LogP contribution in [0.5, 0.6) is 17.2 Å². The molecular formula is C22H19F3O5. The molecule has 0 N–H and O–H groups in total. The van der Waals surface area contributed by atoms with Crippen LogP contribution in [0.3, 0.4) is 0 Å². The minimum atomic E-state index is -4.90. The summed E-state index contributed by atoms with van der Waals surface area (Å²) in [7, 11) is 2.75. The topological polar surface area (TPSA) is 57.9 Å². The smallest absolute Gasteiger partial charge is 0.450 e. The molecule has 0 saturated carbocycles. The van der Waals surface area contributed by atoms with Gasteiger partial charge in [-0.05, 0) is 42.3 Å². The fourth-order valence-electron chi connectivity index (χ4n) is 2.92. The average molecular weight is 420 g/mol. The number of ether oxygens (including phenoxy) is 3. The van der Waals surface area contributed by atoms with E-state index in [4.69, 9.17) is 18.6 Å². The molecule has 30 heavy (non-hydrogen) atoms. The summed E-state index contributed by atoms with van der Waals surface area (Å²) in [6.45, 7) is 5.63. The van der Waals surface area contributed by atoms with Crippen LogP contribution in [0.4, 0.5) is 13.2 Å². The molecular weight excluding hydrogens is 401 g/mol. The number of rotatable bonds is 6. The summed E-state index contributed by atoms with van der Waals surface area (Å²) in [5.41, 5.74) is -0.917. The molecule has 1 heterocycles. The van der Waals surface area contributed by atoms with Gasteiger partial charge in [0, 0.05) is 6.07 Å². The fraction of sp³-hybridized carbons (Fsp3) is 0.227. The first kappa shape index (κ1) is 21.3. The number of alkyl halides is 3. The normalized spacial score (nSPS) is 11.4. The monoisotopic (exact) mass is 420 g/mol. The molecule has 0 aliphatic heterocycles. The van der Waals surface area contributed by atoms with Crippen molar-refractivity contribution in [2.45, 2.75) is 13.1 Å². The maximum absolute atomic E-state index is 13.8. The van der Waals surface area contributed by atoms with Crippen LogP contribution in [0.25, 0.3) is 22.1 Å². The summed E-state index contributed by atoms with van der Waals surface area (Å²) in [5, 5.41) is -0.00420. The second-order valence-electron chi connectivity index (χ2n) is 6.61. The number of fused-ring (bicyclic) bond motifs is 1. The van der Waals surface area contributed by atoms with Crippen molar-refractivity contribution in [3.8, 4) is 28.4 Å². The Hall–Kier alpha value is -3.42. The van der Waals surface area contributed by atoms with Gasteiger partial charge in [-0.25, -0.2) is 0 Å². The zero-order valence-electron chi connectivity index (χ0n) is 16.6. The molecule has 8 heteroatoms. The third-order valence-electron chi connectivity index (χ3n) is 4.28. The summed E-state index contributed by atoms with van der Waals surface area (Å²) in [5.74, 6) is -0.629. The molecule has 0 spiro atoms. The minimum absolute atomic E-state index is 0.00164. The first-order valence-corrected chi connectivity index (χ1v) is 8.83. The largest absolute Gasteiger partial charge is 0.493 e. The SMILES string of the molecule is C=C(C)COc1ccc2c(=O)c(-c3ccc(OC)c(OC)c3)c(C(F)(F)F)oc2c1. The molecule has 0 unspecified atom stereocenters. The van der Waals surface area contributed by atoms with Crippen LogP contribution in [0.1, 0.15) is 12.7 Å². The first-order valence-electron chi connectivity index (χ1n) is 8.83. The highest BCUT2D eigenvalue weighted by molar-refractivity contribution is 5.84. The first-order chi connectivity index (χ1) is 14.2. The molecule has 2 aromatic carbocycles. The molecule has 0 radical (unpaired) electrons. The summed E-state index contributed by atoms with van der Waals surface area (Å²) in [6, 6.07) is 8.20. The summed E-state index contributed by atoms with van der Waals surface area (Å²) >= 11 is 0. The van der Waals surface area contributed by atoms with E-state index in [2.05, 4.69) is 6.58 Å². The van der Waals surface area contributed by atoms with E-state index in [0.29, 0.717) is 5.75 Å². The van der Waals surface area contributed by atoms with Gasteiger partial charge in [-0.15, -0.1) is 0 Å². The highest BCUT2D eigenvalue weighted by Crippen LogP contribution is 2.40. The van der Waals surface area contributed by atoms with E-state index in [1.54, 1.807) is 6.92 Å². The molecule has 0 aliphatic rings. The number of methoxy groups -OCH3 is 2. The lowest BCUT2D eigenvalue weighted by Crippen LogP contribution is -2.16. The van der Waals surface area contributed by atoms with E-state index < -0.39 is 22.9 Å². The molecule has 3 rings (SSSR count). The van der Waals surface area contributed by atoms with E-state index in [-0.39, 0.29) is 34.6 Å². The Morgan fingerprint density at radius 1 is 1.07 bits per heavy atom. The van der Waals surface area contributed by atoms with E-state index in [1.165, 1.54) is 50.6 Å². The molecule has 0 atom stereocenters. The molecule has 0 bridgehead atoms.